The van der Waals surface area contributed by atoms with E-state index in [1.54, 1.807) is 0 Å². The average Bonchev–Trinajstić information content (AvgIpc) is 0.660. The predicted molar refractivity (Wildman–Crippen MR) is 305 cm³/mol. The number of quaternary nitrogens is 1. The van der Waals surface area contributed by atoms with E-state index in [-0.39, 0.29) is 0 Å². The molecule has 0 saturated heterocycles. The zero-order valence-electron chi connectivity index (χ0n) is 52.5. The first-order valence-electron chi connectivity index (χ1n) is 29.7. The molecule has 0 fully saturated rings. The molecule has 0 bridgehead atoms. The summed E-state index contributed by atoms with van der Waals surface area (Å²) in [6.45, 7) is 8.31. The first-order chi connectivity index (χ1) is 48.1. The maximum Gasteiger partial charge on any atom is 0.286 e. The Morgan fingerprint density at radius 3 is 0.553 bits per heavy atom. The van der Waals surface area contributed by atoms with E-state index in [2.05, 4.69) is 26.2 Å². The van der Waals surface area contributed by atoms with Gasteiger partial charge in [-0.25, -0.2) is 149 Å². The van der Waals surface area contributed by atoms with Crippen LogP contribution in [0.25, 0.3) is 54.2 Å². The van der Waals surface area contributed by atoms with Gasteiger partial charge in [-0.3, -0.25) is 0 Å². The van der Waals surface area contributed by atoms with Gasteiger partial charge in [0.25, 0.3) is 13.1 Å². The molecule has 0 aliphatic rings. The van der Waals surface area contributed by atoms with Crippen LogP contribution in [0, 0.1) is 204 Å². The monoisotopic (exact) mass is 1530 g/mol. The Labute approximate surface area is 557 Å². The minimum Gasteiger partial charge on any atom is -0.348 e. The molecule has 10 aromatic carbocycles. The minimum absolute atomic E-state index is 0.618. The van der Waals surface area contributed by atoms with Crippen LogP contribution in [0.1, 0.15) is 76.6 Å². The highest BCUT2D eigenvalue weighted by molar-refractivity contribution is 7.23. The van der Waals surface area contributed by atoms with E-state index in [1.807, 2.05) is 0 Å². The van der Waals surface area contributed by atoms with Gasteiger partial charge in [0.05, 0.1) is 46.3 Å². The fourth-order valence-electron chi connectivity index (χ4n) is 13.1. The highest BCUT2D eigenvalue weighted by atomic mass is 27.2. The van der Waals surface area contributed by atoms with Gasteiger partial charge in [0.15, 0.2) is 163 Å². The van der Waals surface area contributed by atoms with Gasteiger partial charge in [0, 0.05) is 5.92 Å². The summed E-state index contributed by atoms with van der Waals surface area (Å²) in [5.41, 5.74) is -12.0. The normalized spacial score (nSPS) is 12.2. The second kappa shape index (κ2) is 29.5. The van der Waals surface area contributed by atoms with Crippen LogP contribution >= 0.6 is 0 Å². The van der Waals surface area contributed by atoms with Crippen LogP contribution in [0.4, 0.5) is 149 Å². The largest absolute Gasteiger partial charge is 0.348 e. The second-order valence-corrected chi connectivity index (χ2v) is 26.9. The van der Waals surface area contributed by atoms with Crippen molar-refractivity contribution in [1.29, 1.82) is 0 Å². The molecule has 2 N–H and O–H groups in total. The standard InChI is InChI=1S/C12F10.4C12H5F6.C7H17N.Al/c13-3-1(4(14)8(18)11(21)7(3)17)2-5(15)9(19)12(22)10(20)6(2)16;4*1-2-4-5-3-6(13)9(15)10(16)7(5)11(17)12(18)8(4)14;1-4-5-7(2)6-8-3;/h;4*2H2,1H3;7-8H,4-6H2,1-3H3;/q;;;;;;-1/p+1. The van der Waals surface area contributed by atoms with Crippen LogP contribution in [-0.2, 0) is 25.7 Å². The Morgan fingerprint density at radius 2 is 0.388 bits per heavy atom. The second-order valence-electron chi connectivity index (χ2n) is 22.8. The smallest absolute Gasteiger partial charge is 0.286 e. The van der Waals surface area contributed by atoms with Crippen LogP contribution in [0.2, 0.25) is 0 Å². The SMILES string of the molecule is CCCC(C)C[NH2+]C.CCc1c(F)c(F)c(F)c2c(F)c(F)c(F)[c]([Al-]([c]3c(F)c(F)c(F)c4c(F)c(F)c(F)c(CC)c34)([c]3c(F)c(F)c(F)c4c(F)c(F)c(F)c(CC)c34)[c]3c(F)c(F)c(F)c4c(F)c(F)c(F)c(CC)c34)c12.Fc1c(F)c(F)c(-c2c(F)c(F)c(F)c(F)c2F)c(F)c1F. The van der Waals surface area contributed by atoms with E-state index < -0.39 is 331 Å². The fraction of sp³-hybridized carbons (Fsp3) is 0.224. The van der Waals surface area contributed by atoms with Crippen molar-refractivity contribution in [2.75, 3.05) is 13.6 Å². The molecule has 0 radical (unpaired) electrons. The van der Waals surface area contributed by atoms with Gasteiger partial charge >= 0.3 is 0 Å². The van der Waals surface area contributed by atoms with Crippen LogP contribution in [0.3, 0.4) is 0 Å². The average molecular weight is 1530 g/mol. The highest BCUT2D eigenvalue weighted by Crippen LogP contribution is 2.44. The van der Waals surface area contributed by atoms with Crippen molar-refractivity contribution in [1.82, 2.24) is 0 Å². The predicted octanol–water partition coefficient (Wildman–Crippen LogP) is 18.6. The van der Waals surface area contributed by atoms with E-state index in [9.17, 15) is 43.9 Å². The number of hydrogen-bond acceptors (Lipinski definition) is 0. The van der Waals surface area contributed by atoms with E-state index in [4.69, 9.17) is 0 Å². The Kier molecular flexibility index (Phi) is 22.9. The lowest BCUT2D eigenvalue weighted by Crippen LogP contribution is -2.81. The van der Waals surface area contributed by atoms with Crippen molar-refractivity contribution in [2.45, 2.75) is 80.1 Å². The molecule has 0 aliphatic carbocycles. The molecule has 1 unspecified atom stereocenters. The maximum atomic E-state index is 18.2. The lowest BCUT2D eigenvalue weighted by atomic mass is 9.98. The molecule has 1 nitrogen and oxygen atoms in total. The van der Waals surface area contributed by atoms with Crippen molar-refractivity contribution in [3.8, 4) is 11.1 Å². The molecular weight excluding hydrogens is 1490 g/mol. The van der Waals surface area contributed by atoms with Crippen molar-refractivity contribution in [3.05, 3.63) is 220 Å². The third-order valence-electron chi connectivity index (χ3n) is 17.4. The van der Waals surface area contributed by atoms with E-state index in [1.165, 1.54) is 19.4 Å². The molecule has 103 heavy (non-hydrogen) atoms. The van der Waals surface area contributed by atoms with Gasteiger partial charge in [-0.15, -0.1) is 0 Å². The summed E-state index contributed by atoms with van der Waals surface area (Å²) < 4.78 is 518. The molecule has 0 aromatic heterocycles. The van der Waals surface area contributed by atoms with Gasteiger partial charge in [0.1, 0.15) is 23.3 Å². The van der Waals surface area contributed by atoms with Crippen molar-refractivity contribution >= 4 is 73.9 Å². The number of nitrogens with two attached hydrogens (primary N) is 1. The van der Waals surface area contributed by atoms with Crippen LogP contribution in [0.15, 0.2) is 0 Å². The number of benzene rings is 10. The van der Waals surface area contributed by atoms with Crippen LogP contribution < -0.4 is 23.0 Å². The molecule has 0 aliphatic heterocycles. The highest BCUT2D eigenvalue weighted by Gasteiger charge is 2.54. The summed E-state index contributed by atoms with van der Waals surface area (Å²) in [5, 5.41) is -17.4. The van der Waals surface area contributed by atoms with Crippen LogP contribution in [-0.4, -0.2) is 26.7 Å². The Balaban J connectivity index is 0.000000370. The Morgan fingerprint density at radius 1 is 0.223 bits per heavy atom. The van der Waals surface area contributed by atoms with Gasteiger partial charge < -0.3 is 5.32 Å². The quantitative estimate of drug-likeness (QED) is 0.0513. The molecule has 0 heterocycles. The molecule has 552 valence electrons. The lowest BCUT2D eigenvalue weighted by Gasteiger charge is -2.45. The Hall–Kier alpha value is -8.65. The molecular formula is C67H38AlF34N. The zero-order valence-corrected chi connectivity index (χ0v) is 53.7. The number of fused-ring (bicyclic) bond motifs is 4. The third-order valence-corrected chi connectivity index (χ3v) is 23.0. The molecule has 1 atom stereocenters. The lowest BCUT2D eigenvalue weighted by molar-refractivity contribution is -0.632. The summed E-state index contributed by atoms with van der Waals surface area (Å²) in [5.74, 6) is -100.0. The summed E-state index contributed by atoms with van der Waals surface area (Å²) in [4.78, 5) is 0. The topological polar surface area (TPSA) is 16.6 Å². The first-order valence-corrected chi connectivity index (χ1v) is 32.0. The number of aryl methyl sites for hydroxylation is 4. The zero-order chi connectivity index (χ0) is 77.8. The first kappa shape index (κ1) is 80.0. The summed E-state index contributed by atoms with van der Waals surface area (Å²) in [6.07, 6.45) is -3.10. The maximum absolute atomic E-state index is 18.2. The van der Waals surface area contributed by atoms with Crippen molar-refractivity contribution in [3.63, 3.8) is 0 Å². The van der Waals surface area contributed by atoms with E-state index in [0.717, 1.165) is 5.92 Å². The molecule has 0 spiro atoms. The van der Waals surface area contributed by atoms with Gasteiger partial charge in [0.2, 0.25) is 11.6 Å². The van der Waals surface area contributed by atoms with Gasteiger partial charge in [-0.05, 0) is 75.9 Å². The summed E-state index contributed by atoms with van der Waals surface area (Å²) in [7, 11) is 2.13. The molecule has 36 heteroatoms. The van der Waals surface area contributed by atoms with Crippen molar-refractivity contribution < 1.29 is 155 Å². The van der Waals surface area contributed by atoms with Crippen molar-refractivity contribution in [2.24, 2.45) is 5.92 Å². The van der Waals surface area contributed by atoms with Gasteiger partial charge in [-0.1, -0.05) is 48.0 Å². The molecule has 10 aromatic rings. The molecule has 0 saturated carbocycles. The summed E-state index contributed by atoms with van der Waals surface area (Å²) in [6, 6.07) is 0. The Bertz CT molecular complexity index is 4600. The number of hydrogen-bond donors (Lipinski definition) is 1. The summed E-state index contributed by atoms with van der Waals surface area (Å²) >= 11 is -9.34. The van der Waals surface area contributed by atoms with Gasteiger partial charge in [-0.2, -0.15) is 17.7 Å². The number of rotatable bonds is 13. The molecule has 0 amide bonds. The number of halogens is 34. The minimum atomic E-state index is -9.34. The van der Waals surface area contributed by atoms with Crippen LogP contribution in [0.5, 0.6) is 0 Å². The van der Waals surface area contributed by atoms with E-state index in [0.29, 0.717) is 27.7 Å². The third kappa shape index (κ3) is 11.8. The fourth-order valence-corrected chi connectivity index (χ4v) is 19.8. The van der Waals surface area contributed by atoms with E-state index >= 15 is 105 Å². The molecule has 10 rings (SSSR count).